The standard InChI is InChI=1S/C19H17FN2O5S/c1-11-18(13-5-3-4-6-16(13)22-11)17(23)10-27-19(24)14-9-12(7-8-15(14)20)28(25,26)21-2/h3-9,21-22H,10H2,1-2H3. The van der Waals surface area contributed by atoms with E-state index in [1.165, 1.54) is 7.05 Å². The van der Waals surface area contributed by atoms with Crippen LogP contribution < -0.4 is 4.72 Å². The van der Waals surface area contributed by atoms with Gasteiger partial charge in [-0.05, 0) is 38.2 Å². The molecule has 0 spiro atoms. The van der Waals surface area contributed by atoms with E-state index in [9.17, 15) is 22.4 Å². The van der Waals surface area contributed by atoms with Crippen LogP contribution in [0.3, 0.4) is 0 Å². The maximum Gasteiger partial charge on any atom is 0.341 e. The third-order valence-corrected chi connectivity index (χ3v) is 5.66. The van der Waals surface area contributed by atoms with Crippen LogP contribution >= 0.6 is 0 Å². The first-order chi connectivity index (χ1) is 13.2. The first kappa shape index (κ1) is 19.7. The lowest BCUT2D eigenvalue weighted by molar-refractivity contribution is 0.0470. The van der Waals surface area contributed by atoms with Crippen LogP contribution in [0.4, 0.5) is 4.39 Å². The van der Waals surface area contributed by atoms with Crippen molar-refractivity contribution in [2.24, 2.45) is 0 Å². The summed E-state index contributed by atoms with van der Waals surface area (Å²) in [5, 5.41) is 0.689. The van der Waals surface area contributed by atoms with Crippen LogP contribution in [0.15, 0.2) is 47.4 Å². The van der Waals surface area contributed by atoms with Gasteiger partial charge in [0.15, 0.2) is 6.61 Å². The number of nitrogens with one attached hydrogen (secondary N) is 2. The number of aromatic amines is 1. The van der Waals surface area contributed by atoms with Gasteiger partial charge < -0.3 is 9.72 Å². The number of rotatable bonds is 6. The minimum Gasteiger partial charge on any atom is -0.454 e. The van der Waals surface area contributed by atoms with Gasteiger partial charge in [0.1, 0.15) is 5.82 Å². The number of fused-ring (bicyclic) bond motifs is 1. The number of H-pyrrole nitrogens is 1. The van der Waals surface area contributed by atoms with Crippen molar-refractivity contribution in [3.8, 4) is 0 Å². The van der Waals surface area contributed by atoms with E-state index >= 15 is 0 Å². The third-order valence-electron chi connectivity index (χ3n) is 4.24. The Morgan fingerprint density at radius 3 is 2.61 bits per heavy atom. The Morgan fingerprint density at radius 2 is 1.89 bits per heavy atom. The van der Waals surface area contributed by atoms with E-state index in [4.69, 9.17) is 4.74 Å². The predicted molar refractivity (Wildman–Crippen MR) is 100 cm³/mol. The third kappa shape index (κ3) is 3.67. The lowest BCUT2D eigenvalue weighted by Gasteiger charge is -2.08. The molecule has 7 nitrogen and oxygen atoms in total. The molecule has 0 unspecified atom stereocenters. The average Bonchev–Trinajstić information content (AvgIpc) is 3.01. The normalized spacial score (nSPS) is 11.5. The van der Waals surface area contributed by atoms with E-state index in [0.29, 0.717) is 16.6 Å². The highest BCUT2D eigenvalue weighted by atomic mass is 32.2. The number of benzene rings is 2. The molecule has 0 aliphatic carbocycles. The summed E-state index contributed by atoms with van der Waals surface area (Å²) in [6.07, 6.45) is 0. The van der Waals surface area contributed by atoms with Crippen LogP contribution in [-0.2, 0) is 14.8 Å². The molecule has 0 radical (unpaired) electrons. The van der Waals surface area contributed by atoms with E-state index in [1.807, 2.05) is 12.1 Å². The number of aromatic nitrogens is 1. The molecule has 28 heavy (non-hydrogen) atoms. The molecule has 1 heterocycles. The highest BCUT2D eigenvalue weighted by molar-refractivity contribution is 7.89. The summed E-state index contributed by atoms with van der Waals surface area (Å²) in [5.41, 5.74) is 1.20. The summed E-state index contributed by atoms with van der Waals surface area (Å²) < 4.78 is 44.6. The first-order valence-electron chi connectivity index (χ1n) is 8.25. The Kier molecular flexibility index (Phi) is 5.30. The maximum atomic E-state index is 14.0. The van der Waals surface area contributed by atoms with E-state index in [0.717, 1.165) is 23.7 Å². The summed E-state index contributed by atoms with van der Waals surface area (Å²) in [7, 11) is -2.67. The molecule has 0 atom stereocenters. The van der Waals surface area contributed by atoms with Crippen LogP contribution in [0.5, 0.6) is 0 Å². The number of sulfonamides is 1. The van der Waals surface area contributed by atoms with Crippen molar-refractivity contribution in [3.05, 3.63) is 65.1 Å². The van der Waals surface area contributed by atoms with Crippen LogP contribution in [0.1, 0.15) is 26.4 Å². The van der Waals surface area contributed by atoms with Gasteiger partial charge in [0.2, 0.25) is 15.8 Å². The van der Waals surface area contributed by atoms with Crippen molar-refractivity contribution in [3.63, 3.8) is 0 Å². The quantitative estimate of drug-likeness (QED) is 0.485. The molecule has 0 bridgehead atoms. The zero-order valence-corrected chi connectivity index (χ0v) is 15.9. The molecule has 0 fully saturated rings. The van der Waals surface area contributed by atoms with E-state index in [-0.39, 0.29) is 4.90 Å². The Balaban J connectivity index is 1.81. The molecule has 1 aromatic heterocycles. The summed E-state index contributed by atoms with van der Waals surface area (Å²) in [6.45, 7) is 1.12. The summed E-state index contributed by atoms with van der Waals surface area (Å²) in [5.74, 6) is -2.53. The van der Waals surface area contributed by atoms with Gasteiger partial charge in [0.25, 0.3) is 0 Å². The van der Waals surface area contributed by atoms with E-state index < -0.39 is 39.8 Å². The van der Waals surface area contributed by atoms with Gasteiger partial charge in [-0.15, -0.1) is 0 Å². The smallest absolute Gasteiger partial charge is 0.341 e. The Bertz CT molecular complexity index is 1180. The Labute approximate surface area is 160 Å². The van der Waals surface area contributed by atoms with Gasteiger partial charge in [-0.1, -0.05) is 18.2 Å². The van der Waals surface area contributed by atoms with Crippen LogP contribution in [-0.4, -0.2) is 38.8 Å². The van der Waals surface area contributed by atoms with Gasteiger partial charge in [-0.25, -0.2) is 22.3 Å². The average molecular weight is 404 g/mol. The molecule has 146 valence electrons. The Hall–Kier alpha value is -3.04. The highest BCUT2D eigenvalue weighted by Crippen LogP contribution is 2.23. The van der Waals surface area contributed by atoms with Crippen molar-refractivity contribution in [2.45, 2.75) is 11.8 Å². The fourth-order valence-corrected chi connectivity index (χ4v) is 3.62. The van der Waals surface area contributed by atoms with E-state index in [2.05, 4.69) is 9.71 Å². The van der Waals surface area contributed by atoms with Crippen molar-refractivity contribution in [1.29, 1.82) is 0 Å². The predicted octanol–water partition coefficient (Wildman–Crippen LogP) is 2.56. The second kappa shape index (κ2) is 7.53. The molecule has 0 amide bonds. The summed E-state index contributed by atoms with van der Waals surface area (Å²) >= 11 is 0. The second-order valence-corrected chi connectivity index (χ2v) is 7.91. The SMILES string of the molecule is CNS(=O)(=O)c1ccc(F)c(C(=O)OCC(=O)c2c(C)[nH]c3ccccc23)c1. The fourth-order valence-electron chi connectivity index (χ4n) is 2.86. The molecule has 9 heteroatoms. The van der Waals surface area contributed by atoms with Crippen molar-refractivity contribution < 1.29 is 27.1 Å². The second-order valence-electron chi connectivity index (χ2n) is 6.02. The molecular formula is C19H17FN2O5S. The summed E-state index contributed by atoms with van der Waals surface area (Å²) in [4.78, 5) is 27.5. The maximum absolute atomic E-state index is 14.0. The molecule has 3 rings (SSSR count). The molecule has 0 saturated heterocycles. The van der Waals surface area contributed by atoms with Crippen LogP contribution in [0, 0.1) is 12.7 Å². The molecule has 2 N–H and O–H groups in total. The molecule has 0 aliphatic heterocycles. The van der Waals surface area contributed by atoms with Gasteiger partial charge in [0, 0.05) is 22.2 Å². The van der Waals surface area contributed by atoms with Gasteiger partial charge in [0.05, 0.1) is 10.5 Å². The van der Waals surface area contributed by atoms with Crippen molar-refractivity contribution >= 4 is 32.7 Å². The number of ketones is 1. The lowest BCUT2D eigenvalue weighted by atomic mass is 10.1. The topological polar surface area (TPSA) is 105 Å². The number of carbonyl (C=O) groups excluding carboxylic acids is 2. The number of hydrogen-bond donors (Lipinski definition) is 2. The lowest BCUT2D eigenvalue weighted by Crippen LogP contribution is -2.20. The number of para-hydroxylation sites is 1. The number of hydrogen-bond acceptors (Lipinski definition) is 5. The molecule has 0 aliphatic rings. The number of halogens is 1. The van der Waals surface area contributed by atoms with Gasteiger partial charge in [-0.2, -0.15) is 0 Å². The zero-order valence-electron chi connectivity index (χ0n) is 15.1. The van der Waals surface area contributed by atoms with Gasteiger partial charge >= 0.3 is 5.97 Å². The number of aryl methyl sites for hydroxylation is 1. The molecule has 2 aromatic carbocycles. The number of ether oxygens (including phenoxy) is 1. The number of carbonyl (C=O) groups is 2. The summed E-state index contributed by atoms with van der Waals surface area (Å²) in [6, 6.07) is 9.92. The molecule has 0 saturated carbocycles. The van der Waals surface area contributed by atoms with E-state index in [1.54, 1.807) is 19.1 Å². The number of esters is 1. The van der Waals surface area contributed by atoms with Crippen LogP contribution in [0.25, 0.3) is 10.9 Å². The van der Waals surface area contributed by atoms with Crippen molar-refractivity contribution in [2.75, 3.05) is 13.7 Å². The fraction of sp³-hybridized carbons (Fsp3) is 0.158. The minimum atomic E-state index is -3.86. The highest BCUT2D eigenvalue weighted by Gasteiger charge is 2.22. The monoisotopic (exact) mass is 404 g/mol. The largest absolute Gasteiger partial charge is 0.454 e. The minimum absolute atomic E-state index is 0.290. The number of Topliss-reactive ketones (excluding diaryl/α,β-unsaturated/α-hetero) is 1. The zero-order chi connectivity index (χ0) is 20.5. The molecular weight excluding hydrogens is 387 g/mol. The van der Waals surface area contributed by atoms with Crippen LogP contribution in [0.2, 0.25) is 0 Å². The Morgan fingerprint density at radius 1 is 1.18 bits per heavy atom. The van der Waals surface area contributed by atoms with Crippen molar-refractivity contribution in [1.82, 2.24) is 9.71 Å². The first-order valence-corrected chi connectivity index (χ1v) is 9.73. The molecule has 3 aromatic rings. The van der Waals surface area contributed by atoms with Gasteiger partial charge in [-0.3, -0.25) is 4.79 Å².